The van der Waals surface area contributed by atoms with E-state index in [0.717, 1.165) is 23.7 Å². The third kappa shape index (κ3) is 3.43. The molecule has 5 rings (SSSR count). The van der Waals surface area contributed by atoms with Crippen LogP contribution in [0.15, 0.2) is 22.7 Å². The normalized spacial score (nSPS) is 33.6. The van der Waals surface area contributed by atoms with E-state index in [-0.39, 0.29) is 23.8 Å². The van der Waals surface area contributed by atoms with E-state index in [1.54, 1.807) is 26.0 Å². The van der Waals surface area contributed by atoms with Crippen molar-refractivity contribution < 1.29 is 19.4 Å². The van der Waals surface area contributed by atoms with Crippen molar-refractivity contribution in [1.29, 1.82) is 0 Å². The van der Waals surface area contributed by atoms with Crippen LogP contribution in [0.3, 0.4) is 0 Å². The van der Waals surface area contributed by atoms with E-state index in [4.69, 9.17) is 16.3 Å². The Labute approximate surface area is 178 Å². The van der Waals surface area contributed by atoms with Crippen LogP contribution in [0.25, 0.3) is 0 Å². The zero-order valence-electron chi connectivity index (χ0n) is 16.0. The standard InChI is InChI=1S/C21H25BrClNO4/c1-20(2,28-16-4-3-14(22)7-15(16)23)18(25)24-17-12-5-11-6-13(17)10-21(8-11,9-12)19(26)27/h3-4,7,11-13,17H,5-6,8-10H2,1-2H3,(H,24,25)(H,26,27). The van der Waals surface area contributed by atoms with Gasteiger partial charge in [-0.2, -0.15) is 0 Å². The summed E-state index contributed by atoms with van der Waals surface area (Å²) in [7, 11) is 0. The highest BCUT2D eigenvalue weighted by atomic mass is 79.9. The first kappa shape index (κ1) is 20.0. The van der Waals surface area contributed by atoms with Crippen molar-refractivity contribution in [3.05, 3.63) is 27.7 Å². The molecule has 4 aliphatic rings. The minimum absolute atomic E-state index is 0.0276. The molecule has 0 radical (unpaired) electrons. The zero-order chi connectivity index (χ0) is 20.3. The molecule has 2 N–H and O–H groups in total. The first-order valence-corrected chi connectivity index (χ1v) is 11.0. The van der Waals surface area contributed by atoms with Crippen LogP contribution in [0.2, 0.25) is 5.02 Å². The summed E-state index contributed by atoms with van der Waals surface area (Å²) in [6.45, 7) is 3.46. The van der Waals surface area contributed by atoms with Crippen molar-refractivity contribution in [3.8, 4) is 5.75 Å². The van der Waals surface area contributed by atoms with Crippen LogP contribution >= 0.6 is 27.5 Å². The molecule has 2 atom stereocenters. The number of carbonyl (C=O) groups excluding carboxylic acids is 1. The van der Waals surface area contributed by atoms with E-state index in [2.05, 4.69) is 21.2 Å². The lowest BCUT2D eigenvalue weighted by Gasteiger charge is -2.58. The summed E-state index contributed by atoms with van der Waals surface area (Å²) < 4.78 is 6.78. The Balaban J connectivity index is 1.47. The van der Waals surface area contributed by atoms with Crippen molar-refractivity contribution in [2.24, 2.45) is 23.2 Å². The lowest BCUT2D eigenvalue weighted by atomic mass is 9.48. The number of carboxylic acid groups (broad SMARTS) is 1. The zero-order valence-corrected chi connectivity index (χ0v) is 18.3. The third-order valence-corrected chi connectivity index (χ3v) is 7.62. The highest BCUT2D eigenvalue weighted by Crippen LogP contribution is 2.60. The molecule has 0 saturated heterocycles. The minimum atomic E-state index is -1.09. The highest BCUT2D eigenvalue weighted by molar-refractivity contribution is 9.10. The van der Waals surface area contributed by atoms with Gasteiger partial charge in [-0.05, 0) is 81.9 Å². The van der Waals surface area contributed by atoms with Gasteiger partial charge >= 0.3 is 5.97 Å². The molecule has 4 aliphatic carbocycles. The molecule has 7 heteroatoms. The fraction of sp³-hybridized carbons (Fsp3) is 0.619. The molecule has 4 saturated carbocycles. The van der Waals surface area contributed by atoms with Gasteiger partial charge in [0.1, 0.15) is 5.75 Å². The maximum atomic E-state index is 13.0. The second-order valence-corrected chi connectivity index (χ2v) is 10.6. The number of rotatable bonds is 5. The molecule has 5 nitrogen and oxygen atoms in total. The number of ether oxygens (including phenoxy) is 1. The summed E-state index contributed by atoms with van der Waals surface area (Å²) >= 11 is 9.59. The van der Waals surface area contributed by atoms with Crippen LogP contribution in [-0.2, 0) is 9.59 Å². The number of amides is 1. The van der Waals surface area contributed by atoms with Crippen molar-refractivity contribution in [1.82, 2.24) is 5.32 Å². The molecule has 152 valence electrons. The fourth-order valence-corrected chi connectivity index (χ4v) is 6.44. The number of hydrogen-bond donors (Lipinski definition) is 2. The number of benzene rings is 1. The summed E-state index contributed by atoms with van der Waals surface area (Å²) in [5.41, 5.74) is -1.66. The Morgan fingerprint density at radius 3 is 2.46 bits per heavy atom. The maximum Gasteiger partial charge on any atom is 0.309 e. The van der Waals surface area contributed by atoms with Crippen molar-refractivity contribution >= 4 is 39.4 Å². The molecule has 0 heterocycles. The Morgan fingerprint density at radius 2 is 1.89 bits per heavy atom. The van der Waals surface area contributed by atoms with Gasteiger partial charge in [-0.15, -0.1) is 0 Å². The molecule has 0 aromatic heterocycles. The van der Waals surface area contributed by atoms with Gasteiger partial charge in [0.15, 0.2) is 5.60 Å². The Hall–Kier alpha value is -1.27. The van der Waals surface area contributed by atoms with Crippen LogP contribution in [0.4, 0.5) is 0 Å². The lowest BCUT2D eigenvalue weighted by Crippen LogP contribution is -2.63. The largest absolute Gasteiger partial charge is 0.481 e. The van der Waals surface area contributed by atoms with Gasteiger partial charge in [0.2, 0.25) is 0 Å². The van der Waals surface area contributed by atoms with E-state index < -0.39 is 17.0 Å². The maximum absolute atomic E-state index is 13.0. The van der Waals surface area contributed by atoms with Crippen LogP contribution in [-0.4, -0.2) is 28.6 Å². The predicted octanol–water partition coefficient (Wildman–Crippen LogP) is 4.66. The van der Waals surface area contributed by atoms with Crippen LogP contribution in [0.1, 0.15) is 46.0 Å². The third-order valence-electron chi connectivity index (χ3n) is 6.83. The average Bonchev–Trinajstić information content (AvgIpc) is 2.59. The van der Waals surface area contributed by atoms with Crippen molar-refractivity contribution in [2.45, 2.75) is 57.6 Å². The molecule has 0 aliphatic heterocycles. The second-order valence-electron chi connectivity index (χ2n) is 9.24. The number of aliphatic carboxylic acids is 1. The summed E-state index contributed by atoms with van der Waals surface area (Å²) in [5, 5.41) is 13.4. The fourth-order valence-electron chi connectivity index (χ4n) is 5.73. The van der Waals surface area contributed by atoms with Gasteiger partial charge in [-0.3, -0.25) is 9.59 Å². The van der Waals surface area contributed by atoms with Gasteiger partial charge in [0.25, 0.3) is 5.91 Å². The van der Waals surface area contributed by atoms with E-state index in [9.17, 15) is 14.7 Å². The monoisotopic (exact) mass is 469 g/mol. The number of halogens is 2. The molecule has 2 unspecified atom stereocenters. The van der Waals surface area contributed by atoms with E-state index >= 15 is 0 Å². The molecule has 1 aromatic rings. The first-order valence-electron chi connectivity index (χ1n) is 9.78. The van der Waals surface area contributed by atoms with E-state index in [0.29, 0.717) is 29.5 Å². The lowest BCUT2D eigenvalue weighted by molar-refractivity contribution is -0.168. The first-order chi connectivity index (χ1) is 13.1. The molecule has 0 spiro atoms. The van der Waals surface area contributed by atoms with Gasteiger partial charge < -0.3 is 15.2 Å². The summed E-state index contributed by atoms with van der Waals surface area (Å²) in [6, 6.07) is 5.31. The van der Waals surface area contributed by atoms with Gasteiger partial charge in [-0.25, -0.2) is 0 Å². The van der Waals surface area contributed by atoms with Crippen molar-refractivity contribution in [3.63, 3.8) is 0 Å². The van der Waals surface area contributed by atoms with Gasteiger partial charge in [0.05, 0.1) is 10.4 Å². The number of nitrogens with one attached hydrogen (secondary N) is 1. The minimum Gasteiger partial charge on any atom is -0.481 e. The Bertz CT molecular complexity index is 811. The molecule has 1 aromatic carbocycles. The Kier molecular flexibility index (Phi) is 4.94. The molecule has 28 heavy (non-hydrogen) atoms. The topological polar surface area (TPSA) is 75.6 Å². The quantitative estimate of drug-likeness (QED) is 0.656. The molecule has 4 bridgehead atoms. The molecular weight excluding hydrogens is 446 g/mol. The Morgan fingerprint density at radius 1 is 1.25 bits per heavy atom. The molecule has 4 fully saturated rings. The number of hydrogen-bond acceptors (Lipinski definition) is 3. The SMILES string of the molecule is CC(C)(Oc1ccc(Br)cc1Cl)C(=O)NC1C2CC3CC1CC(C(=O)O)(C3)C2. The van der Waals surface area contributed by atoms with Crippen LogP contribution < -0.4 is 10.1 Å². The summed E-state index contributed by atoms with van der Waals surface area (Å²) in [6.07, 6.45) is 4.15. The van der Waals surface area contributed by atoms with Crippen LogP contribution in [0, 0.1) is 23.2 Å². The number of carbonyl (C=O) groups is 2. The van der Waals surface area contributed by atoms with Crippen LogP contribution in [0.5, 0.6) is 5.75 Å². The van der Waals surface area contributed by atoms with Gasteiger partial charge in [-0.1, -0.05) is 27.5 Å². The van der Waals surface area contributed by atoms with E-state index in [1.165, 1.54) is 0 Å². The average molecular weight is 471 g/mol. The van der Waals surface area contributed by atoms with Gasteiger partial charge in [0, 0.05) is 10.5 Å². The predicted molar refractivity (Wildman–Crippen MR) is 109 cm³/mol. The molecule has 1 amide bonds. The summed E-state index contributed by atoms with van der Waals surface area (Å²) in [4.78, 5) is 24.9. The molecular formula is C21H25BrClNO4. The smallest absolute Gasteiger partial charge is 0.309 e. The second kappa shape index (κ2) is 6.91. The van der Waals surface area contributed by atoms with Crippen molar-refractivity contribution in [2.75, 3.05) is 0 Å². The van der Waals surface area contributed by atoms with E-state index in [1.807, 2.05) is 6.07 Å². The highest BCUT2D eigenvalue weighted by Gasteiger charge is 2.59. The summed E-state index contributed by atoms with van der Waals surface area (Å²) in [5.74, 6) is 0.558. The number of carboxylic acids is 1.